The van der Waals surface area contributed by atoms with Crippen LogP contribution in [-0.2, 0) is 16.1 Å². The van der Waals surface area contributed by atoms with Gasteiger partial charge in [0.15, 0.2) is 11.6 Å². The molecule has 1 atom stereocenters. The Morgan fingerprint density at radius 1 is 1.25 bits per heavy atom. The Morgan fingerprint density at radius 3 is 2.55 bits per heavy atom. The summed E-state index contributed by atoms with van der Waals surface area (Å²) in [5.41, 5.74) is -0.0413. The Labute approximate surface area is 115 Å². The Morgan fingerprint density at radius 2 is 1.90 bits per heavy atom. The first-order valence-electron chi connectivity index (χ1n) is 6.09. The number of benzene rings is 1. The van der Waals surface area contributed by atoms with Crippen molar-refractivity contribution in [3.63, 3.8) is 0 Å². The predicted octanol–water partition coefficient (Wildman–Crippen LogP) is 1.34. The lowest BCUT2D eigenvalue weighted by atomic mass is 10.2. The summed E-state index contributed by atoms with van der Waals surface area (Å²) in [7, 11) is 1.51. The van der Waals surface area contributed by atoms with Gasteiger partial charge in [-0.15, -0.1) is 0 Å². The van der Waals surface area contributed by atoms with Crippen LogP contribution in [0.1, 0.15) is 12.5 Å². The molecular formula is C13H17F3N2O2. The summed E-state index contributed by atoms with van der Waals surface area (Å²) in [6.45, 7) is 2.25. The summed E-state index contributed by atoms with van der Waals surface area (Å²) in [4.78, 5) is 11.6. The van der Waals surface area contributed by atoms with Crippen LogP contribution in [0.2, 0.25) is 0 Å². The van der Waals surface area contributed by atoms with Gasteiger partial charge in [0.2, 0.25) is 5.91 Å². The molecule has 0 heterocycles. The second kappa shape index (κ2) is 7.86. The smallest absolute Gasteiger partial charge is 0.236 e. The third-order valence-electron chi connectivity index (χ3n) is 2.69. The normalized spacial score (nSPS) is 12.2. The fourth-order valence-electron chi connectivity index (χ4n) is 1.48. The molecule has 0 saturated carbocycles. The molecule has 1 aromatic rings. The summed E-state index contributed by atoms with van der Waals surface area (Å²) in [5, 5.41) is 5.33. The van der Waals surface area contributed by atoms with Crippen LogP contribution in [0.3, 0.4) is 0 Å². The molecule has 1 rings (SSSR count). The third-order valence-corrected chi connectivity index (χ3v) is 2.69. The van der Waals surface area contributed by atoms with Crippen LogP contribution in [0.15, 0.2) is 12.1 Å². The number of rotatable bonds is 7. The van der Waals surface area contributed by atoms with Gasteiger partial charge < -0.3 is 15.4 Å². The highest BCUT2D eigenvalue weighted by Crippen LogP contribution is 2.13. The monoisotopic (exact) mass is 290 g/mol. The van der Waals surface area contributed by atoms with Gasteiger partial charge in [-0.25, -0.2) is 13.2 Å². The Balaban J connectivity index is 2.50. The van der Waals surface area contributed by atoms with E-state index in [0.717, 1.165) is 6.07 Å². The average molecular weight is 290 g/mol. The van der Waals surface area contributed by atoms with E-state index >= 15 is 0 Å². The molecule has 0 bridgehead atoms. The SMILES string of the molecule is COCCNC(=O)C(C)NCc1cc(F)c(F)cc1F. The summed E-state index contributed by atoms with van der Waals surface area (Å²) in [6, 6.07) is 0.655. The molecule has 0 radical (unpaired) electrons. The van der Waals surface area contributed by atoms with Crippen LogP contribution >= 0.6 is 0 Å². The first kappa shape index (κ1) is 16.5. The maximum absolute atomic E-state index is 13.4. The molecule has 0 fully saturated rings. The lowest BCUT2D eigenvalue weighted by Crippen LogP contribution is -2.42. The van der Waals surface area contributed by atoms with E-state index in [1.807, 2.05) is 0 Å². The number of carbonyl (C=O) groups excluding carboxylic acids is 1. The van der Waals surface area contributed by atoms with Gasteiger partial charge >= 0.3 is 0 Å². The highest BCUT2D eigenvalue weighted by atomic mass is 19.2. The number of hydrogen-bond acceptors (Lipinski definition) is 3. The van der Waals surface area contributed by atoms with Crippen LogP contribution in [-0.4, -0.2) is 32.2 Å². The van der Waals surface area contributed by atoms with E-state index in [-0.39, 0.29) is 18.0 Å². The quantitative estimate of drug-likeness (QED) is 0.588. The lowest BCUT2D eigenvalue weighted by Gasteiger charge is -2.14. The zero-order valence-corrected chi connectivity index (χ0v) is 11.3. The fourth-order valence-corrected chi connectivity index (χ4v) is 1.48. The van der Waals surface area contributed by atoms with Gasteiger partial charge in [0, 0.05) is 31.8 Å². The maximum atomic E-state index is 13.4. The average Bonchev–Trinajstić information content (AvgIpc) is 2.41. The molecule has 0 aliphatic carbocycles. The van der Waals surface area contributed by atoms with Crippen molar-refractivity contribution in [3.05, 3.63) is 35.1 Å². The molecule has 2 N–H and O–H groups in total. The van der Waals surface area contributed by atoms with Gasteiger partial charge in [0.05, 0.1) is 12.6 Å². The minimum Gasteiger partial charge on any atom is -0.383 e. The molecule has 7 heteroatoms. The summed E-state index contributed by atoms with van der Waals surface area (Å²) in [5.74, 6) is -3.51. The number of nitrogens with one attached hydrogen (secondary N) is 2. The van der Waals surface area contributed by atoms with E-state index in [9.17, 15) is 18.0 Å². The van der Waals surface area contributed by atoms with Crippen LogP contribution in [0.25, 0.3) is 0 Å². The highest BCUT2D eigenvalue weighted by Gasteiger charge is 2.14. The number of halogens is 3. The van der Waals surface area contributed by atoms with Gasteiger partial charge in [-0.2, -0.15) is 0 Å². The number of hydrogen-bond donors (Lipinski definition) is 2. The van der Waals surface area contributed by atoms with Crippen LogP contribution in [0, 0.1) is 17.5 Å². The van der Waals surface area contributed by atoms with Gasteiger partial charge in [0.25, 0.3) is 0 Å². The van der Waals surface area contributed by atoms with E-state index < -0.39 is 23.5 Å². The highest BCUT2D eigenvalue weighted by molar-refractivity contribution is 5.81. The molecule has 1 amide bonds. The number of amides is 1. The van der Waals surface area contributed by atoms with Crippen molar-refractivity contribution in [2.45, 2.75) is 19.5 Å². The molecule has 0 saturated heterocycles. The molecular weight excluding hydrogens is 273 g/mol. The standard InChI is InChI=1S/C13H17F3N2O2/c1-8(13(19)17-3-4-20-2)18-7-9-5-11(15)12(16)6-10(9)14/h5-6,8,18H,3-4,7H2,1-2H3,(H,17,19). The van der Waals surface area contributed by atoms with Crippen molar-refractivity contribution in [2.75, 3.05) is 20.3 Å². The summed E-state index contributed by atoms with van der Waals surface area (Å²) >= 11 is 0. The molecule has 0 aromatic heterocycles. The van der Waals surface area contributed by atoms with Crippen molar-refractivity contribution in [2.24, 2.45) is 0 Å². The molecule has 1 unspecified atom stereocenters. The molecule has 1 aromatic carbocycles. The maximum Gasteiger partial charge on any atom is 0.236 e. The van der Waals surface area contributed by atoms with Crippen molar-refractivity contribution < 1.29 is 22.7 Å². The van der Waals surface area contributed by atoms with Crippen molar-refractivity contribution in [1.29, 1.82) is 0 Å². The Bertz CT molecular complexity index is 469. The first-order valence-corrected chi connectivity index (χ1v) is 6.09. The van der Waals surface area contributed by atoms with Crippen LogP contribution < -0.4 is 10.6 Å². The second-order valence-corrected chi connectivity index (χ2v) is 4.24. The molecule has 4 nitrogen and oxygen atoms in total. The molecule has 0 aliphatic heterocycles. The van der Waals surface area contributed by atoms with E-state index in [4.69, 9.17) is 4.74 Å². The Kier molecular flexibility index (Phi) is 6.47. The fraction of sp³-hybridized carbons (Fsp3) is 0.462. The molecule has 20 heavy (non-hydrogen) atoms. The van der Waals surface area contributed by atoms with Gasteiger partial charge in [-0.05, 0) is 13.0 Å². The third kappa shape index (κ3) is 4.82. The minimum atomic E-state index is -1.24. The second-order valence-electron chi connectivity index (χ2n) is 4.24. The largest absolute Gasteiger partial charge is 0.383 e. The van der Waals surface area contributed by atoms with Gasteiger partial charge in [-0.1, -0.05) is 0 Å². The minimum absolute atomic E-state index is 0.0413. The van der Waals surface area contributed by atoms with E-state index in [2.05, 4.69) is 10.6 Å². The zero-order valence-electron chi connectivity index (χ0n) is 11.3. The summed E-state index contributed by atoms with van der Waals surface area (Å²) in [6.07, 6.45) is 0. The van der Waals surface area contributed by atoms with Crippen LogP contribution in [0.4, 0.5) is 13.2 Å². The number of ether oxygens (including phenoxy) is 1. The van der Waals surface area contributed by atoms with Crippen molar-refractivity contribution in [1.82, 2.24) is 10.6 Å². The van der Waals surface area contributed by atoms with E-state index in [1.54, 1.807) is 6.92 Å². The summed E-state index contributed by atoms with van der Waals surface area (Å²) < 4.78 is 43.9. The van der Waals surface area contributed by atoms with Crippen molar-refractivity contribution >= 4 is 5.91 Å². The molecule has 0 spiro atoms. The lowest BCUT2D eigenvalue weighted by molar-refractivity contribution is -0.123. The number of carbonyl (C=O) groups is 1. The van der Waals surface area contributed by atoms with Crippen molar-refractivity contribution in [3.8, 4) is 0 Å². The van der Waals surface area contributed by atoms with Gasteiger partial charge in [-0.3, -0.25) is 4.79 Å². The molecule has 0 aliphatic rings. The van der Waals surface area contributed by atoms with Crippen LogP contribution in [0.5, 0.6) is 0 Å². The predicted molar refractivity (Wildman–Crippen MR) is 67.5 cm³/mol. The number of methoxy groups -OCH3 is 1. The topological polar surface area (TPSA) is 50.4 Å². The molecule has 112 valence electrons. The van der Waals surface area contributed by atoms with Gasteiger partial charge in [0.1, 0.15) is 5.82 Å². The first-order chi connectivity index (χ1) is 9.45. The van der Waals surface area contributed by atoms with E-state index in [0.29, 0.717) is 19.2 Å². The Hall–Kier alpha value is -1.60. The van der Waals surface area contributed by atoms with E-state index in [1.165, 1.54) is 7.11 Å². The zero-order chi connectivity index (χ0) is 15.1.